The third kappa shape index (κ3) is 2.74. The van der Waals surface area contributed by atoms with Gasteiger partial charge in [0.1, 0.15) is 11.5 Å². The molecule has 1 aromatic carbocycles. The van der Waals surface area contributed by atoms with Gasteiger partial charge in [-0.2, -0.15) is 5.10 Å². The number of amides is 1. The zero-order chi connectivity index (χ0) is 15.7. The first kappa shape index (κ1) is 14.7. The molecule has 1 atom stereocenters. The fourth-order valence-electron chi connectivity index (χ4n) is 2.53. The monoisotopic (exact) mass is 303 g/mol. The van der Waals surface area contributed by atoms with Gasteiger partial charge in [0.05, 0.1) is 23.9 Å². The van der Waals surface area contributed by atoms with Crippen LogP contribution in [0, 0.1) is 11.7 Å². The zero-order valence-corrected chi connectivity index (χ0v) is 12.3. The Morgan fingerprint density at radius 2 is 2.23 bits per heavy atom. The summed E-state index contributed by atoms with van der Waals surface area (Å²) in [6.07, 6.45) is 4.89. The molecule has 2 N–H and O–H groups in total. The van der Waals surface area contributed by atoms with Crippen LogP contribution in [0.5, 0.6) is 0 Å². The third-order valence-corrected chi connectivity index (χ3v) is 4.15. The minimum absolute atomic E-state index is 0.106. The van der Waals surface area contributed by atoms with E-state index < -0.39 is 11.4 Å². The second-order valence-corrected chi connectivity index (χ2v) is 5.93. The van der Waals surface area contributed by atoms with E-state index in [1.807, 2.05) is 6.92 Å². The Hall–Kier alpha value is -2.21. The number of hydrogen-bond acceptors (Lipinski definition) is 3. The molecule has 0 bridgehead atoms. The first-order valence-electron chi connectivity index (χ1n) is 7.26. The van der Waals surface area contributed by atoms with E-state index >= 15 is 0 Å². The molecular formula is C16H18FN3O2. The van der Waals surface area contributed by atoms with E-state index in [0.717, 1.165) is 12.8 Å². The van der Waals surface area contributed by atoms with Crippen LogP contribution >= 0.6 is 0 Å². The van der Waals surface area contributed by atoms with Gasteiger partial charge in [-0.05, 0) is 37.8 Å². The van der Waals surface area contributed by atoms with Crippen molar-refractivity contribution in [1.82, 2.24) is 15.1 Å². The highest BCUT2D eigenvalue weighted by Crippen LogP contribution is 2.39. The molecule has 116 valence electrons. The van der Waals surface area contributed by atoms with E-state index in [9.17, 15) is 14.3 Å². The molecule has 2 aromatic rings. The molecule has 5 nitrogen and oxygen atoms in total. The molecule has 1 aliphatic rings. The van der Waals surface area contributed by atoms with Crippen LogP contribution in [0.3, 0.4) is 0 Å². The van der Waals surface area contributed by atoms with E-state index in [2.05, 4.69) is 10.4 Å². The highest BCUT2D eigenvalue weighted by molar-refractivity contribution is 5.94. The van der Waals surface area contributed by atoms with Crippen LogP contribution in [0.1, 0.15) is 30.1 Å². The minimum atomic E-state index is -0.614. The predicted octanol–water partition coefficient (Wildman–Crippen LogP) is 1.90. The normalized spacial score (nSPS) is 17.0. The number of rotatable bonds is 5. The summed E-state index contributed by atoms with van der Waals surface area (Å²) in [7, 11) is 0. The van der Waals surface area contributed by atoms with Gasteiger partial charge in [-0.1, -0.05) is 12.1 Å². The van der Waals surface area contributed by atoms with Crippen molar-refractivity contribution in [3.8, 4) is 5.69 Å². The van der Waals surface area contributed by atoms with Crippen molar-refractivity contribution in [3.63, 3.8) is 0 Å². The molecule has 0 saturated heterocycles. The average molecular weight is 303 g/mol. The van der Waals surface area contributed by atoms with Crippen molar-refractivity contribution < 1.29 is 14.3 Å². The van der Waals surface area contributed by atoms with Crippen molar-refractivity contribution in [2.45, 2.75) is 25.3 Å². The first-order chi connectivity index (χ1) is 10.5. The van der Waals surface area contributed by atoms with Gasteiger partial charge in [-0.15, -0.1) is 0 Å². The van der Waals surface area contributed by atoms with Crippen LogP contribution in [0.15, 0.2) is 36.7 Å². The van der Waals surface area contributed by atoms with Crippen molar-refractivity contribution in [3.05, 3.63) is 48.0 Å². The maximum atomic E-state index is 13.7. The van der Waals surface area contributed by atoms with Crippen molar-refractivity contribution in [1.29, 1.82) is 0 Å². The van der Waals surface area contributed by atoms with Gasteiger partial charge in [0.25, 0.3) is 5.91 Å². The second kappa shape index (κ2) is 5.53. The predicted molar refractivity (Wildman–Crippen MR) is 79.2 cm³/mol. The third-order valence-electron chi connectivity index (χ3n) is 4.15. The number of aliphatic hydroxyl groups excluding tert-OH is 1. The quantitative estimate of drug-likeness (QED) is 0.886. The van der Waals surface area contributed by atoms with Gasteiger partial charge in [0.15, 0.2) is 0 Å². The maximum Gasteiger partial charge on any atom is 0.254 e. The van der Waals surface area contributed by atoms with Crippen molar-refractivity contribution in [2.75, 3.05) is 6.61 Å². The number of nitrogens with zero attached hydrogens (tertiary/aromatic N) is 2. The minimum Gasteiger partial charge on any atom is -0.394 e. The molecule has 1 saturated carbocycles. The van der Waals surface area contributed by atoms with Gasteiger partial charge in [-0.3, -0.25) is 4.79 Å². The molecule has 0 radical (unpaired) electrons. The first-order valence-corrected chi connectivity index (χ1v) is 7.26. The molecule has 1 aliphatic carbocycles. The molecule has 1 fully saturated rings. The van der Waals surface area contributed by atoms with E-state index in [4.69, 9.17) is 0 Å². The number of hydrogen-bond donors (Lipinski definition) is 2. The summed E-state index contributed by atoms with van der Waals surface area (Å²) in [5, 5.41) is 16.4. The highest BCUT2D eigenvalue weighted by Gasteiger charge is 2.42. The van der Waals surface area contributed by atoms with Gasteiger partial charge < -0.3 is 10.4 Å². The van der Waals surface area contributed by atoms with Gasteiger partial charge >= 0.3 is 0 Å². The summed E-state index contributed by atoms with van der Waals surface area (Å²) < 4.78 is 15.1. The molecule has 1 aromatic heterocycles. The van der Waals surface area contributed by atoms with E-state index in [-0.39, 0.29) is 18.2 Å². The Morgan fingerprint density at radius 3 is 2.86 bits per heavy atom. The number of nitrogens with one attached hydrogen (secondary N) is 1. The van der Waals surface area contributed by atoms with Gasteiger partial charge in [-0.25, -0.2) is 9.07 Å². The summed E-state index contributed by atoms with van der Waals surface area (Å²) in [6, 6.07) is 6.23. The van der Waals surface area contributed by atoms with Crippen LogP contribution in [-0.4, -0.2) is 32.9 Å². The number of carbonyl (C=O) groups excluding carboxylic acids is 1. The van der Waals surface area contributed by atoms with Crippen LogP contribution in [0.2, 0.25) is 0 Å². The van der Waals surface area contributed by atoms with E-state index in [1.165, 1.54) is 23.1 Å². The molecular weight excluding hydrogens is 285 g/mol. The van der Waals surface area contributed by atoms with Crippen molar-refractivity contribution in [2.24, 2.45) is 5.92 Å². The molecule has 0 aliphatic heterocycles. The average Bonchev–Trinajstić information content (AvgIpc) is 3.26. The number of para-hydroxylation sites is 1. The smallest absolute Gasteiger partial charge is 0.254 e. The molecule has 1 heterocycles. The number of halogens is 1. The van der Waals surface area contributed by atoms with Crippen molar-refractivity contribution >= 4 is 5.91 Å². The number of aliphatic hydroxyl groups is 1. The fourth-order valence-corrected chi connectivity index (χ4v) is 2.53. The molecule has 6 heteroatoms. The maximum absolute atomic E-state index is 13.7. The van der Waals surface area contributed by atoms with Crippen LogP contribution in [0.25, 0.3) is 5.69 Å². The Morgan fingerprint density at radius 1 is 1.50 bits per heavy atom. The lowest BCUT2D eigenvalue weighted by molar-refractivity contribution is 0.0824. The lowest BCUT2D eigenvalue weighted by atomic mass is 9.96. The highest BCUT2D eigenvalue weighted by atomic mass is 19.1. The van der Waals surface area contributed by atoms with Crippen LogP contribution in [-0.2, 0) is 0 Å². The SMILES string of the molecule is CC(CO)(NC(=O)c1cnn(-c2ccccc2F)c1)C1CC1. The summed E-state index contributed by atoms with van der Waals surface area (Å²) in [5.74, 6) is -0.412. The van der Waals surface area contributed by atoms with Gasteiger partial charge in [0.2, 0.25) is 0 Å². The Balaban J connectivity index is 1.79. The Labute approximate surface area is 127 Å². The molecule has 3 rings (SSSR count). The standard InChI is InChI=1S/C16H18FN3O2/c1-16(10-21,12-6-7-12)19-15(22)11-8-18-20(9-11)14-5-3-2-4-13(14)17/h2-5,8-9,12,21H,6-7,10H2,1H3,(H,19,22). The molecule has 22 heavy (non-hydrogen) atoms. The molecule has 0 spiro atoms. The fraction of sp³-hybridized carbons (Fsp3) is 0.375. The Kier molecular flexibility index (Phi) is 3.70. The summed E-state index contributed by atoms with van der Waals surface area (Å²) >= 11 is 0. The Bertz CT molecular complexity index is 696. The lowest BCUT2D eigenvalue weighted by Gasteiger charge is -2.28. The summed E-state index contributed by atoms with van der Waals surface area (Å²) in [5.41, 5.74) is 0.00854. The summed E-state index contributed by atoms with van der Waals surface area (Å²) in [4.78, 5) is 12.3. The molecule has 1 unspecified atom stereocenters. The van der Waals surface area contributed by atoms with Gasteiger partial charge in [0, 0.05) is 6.20 Å². The summed E-state index contributed by atoms with van der Waals surface area (Å²) in [6.45, 7) is 1.73. The number of aromatic nitrogens is 2. The van der Waals surface area contributed by atoms with E-state index in [0.29, 0.717) is 11.5 Å². The molecule has 1 amide bonds. The van der Waals surface area contributed by atoms with Crippen LogP contribution < -0.4 is 5.32 Å². The van der Waals surface area contributed by atoms with Crippen LogP contribution in [0.4, 0.5) is 4.39 Å². The van der Waals surface area contributed by atoms with E-state index in [1.54, 1.807) is 18.2 Å². The number of benzene rings is 1. The second-order valence-electron chi connectivity index (χ2n) is 5.93. The largest absolute Gasteiger partial charge is 0.394 e. The lowest BCUT2D eigenvalue weighted by Crippen LogP contribution is -2.50. The topological polar surface area (TPSA) is 67.2 Å². The number of carbonyl (C=O) groups is 1. The zero-order valence-electron chi connectivity index (χ0n) is 12.3.